The van der Waals surface area contributed by atoms with Crippen LogP contribution in [0.15, 0.2) is 18.2 Å². The maximum absolute atomic E-state index is 12.9. The van der Waals surface area contributed by atoms with Gasteiger partial charge in [-0.25, -0.2) is 0 Å². The summed E-state index contributed by atoms with van der Waals surface area (Å²) in [6, 6.07) is 4.47. The average Bonchev–Trinajstić information content (AvgIpc) is 2.86. The number of aliphatic carboxylic acids is 1. The fourth-order valence-corrected chi connectivity index (χ4v) is 3.29. The molecule has 0 aliphatic carbocycles. The molecule has 1 unspecified atom stereocenters. The van der Waals surface area contributed by atoms with Crippen molar-refractivity contribution < 1.29 is 33.0 Å². The molecule has 0 radical (unpaired) electrons. The third-order valence-corrected chi connectivity index (χ3v) is 4.63. The highest BCUT2D eigenvalue weighted by Crippen LogP contribution is 2.33. The van der Waals surface area contributed by atoms with E-state index in [-0.39, 0.29) is 29.6 Å². The van der Waals surface area contributed by atoms with Gasteiger partial charge in [-0.1, -0.05) is 6.07 Å². The van der Waals surface area contributed by atoms with Crippen LogP contribution in [0.25, 0.3) is 0 Å². The molecule has 150 valence electrons. The number of nitrogens with zero attached hydrogens (tertiary/aromatic N) is 2. The van der Waals surface area contributed by atoms with Crippen molar-refractivity contribution in [1.29, 1.82) is 0 Å². The molecule has 0 spiro atoms. The molecule has 1 aromatic carbocycles. The number of likely N-dealkylation sites (tertiary alicyclic amines) is 1. The van der Waals surface area contributed by atoms with E-state index in [9.17, 15) is 18.4 Å². The fraction of sp³-hybridized carbons (Fsp3) is 0.556. The highest BCUT2D eigenvalue weighted by molar-refractivity contribution is 5.97. The van der Waals surface area contributed by atoms with Crippen LogP contribution in [0.2, 0.25) is 0 Å². The zero-order valence-corrected chi connectivity index (χ0v) is 15.4. The maximum Gasteiger partial charge on any atom is 0.387 e. The van der Waals surface area contributed by atoms with Crippen LogP contribution < -0.4 is 9.47 Å². The van der Waals surface area contributed by atoms with Crippen molar-refractivity contribution >= 4 is 11.9 Å². The number of halogens is 2. The zero-order valence-electron chi connectivity index (χ0n) is 15.4. The van der Waals surface area contributed by atoms with Gasteiger partial charge in [-0.2, -0.15) is 8.78 Å². The first-order valence-electron chi connectivity index (χ1n) is 8.66. The molecule has 1 amide bonds. The number of methoxy groups -OCH3 is 1. The highest BCUT2D eigenvalue weighted by Gasteiger charge is 2.28. The third-order valence-electron chi connectivity index (χ3n) is 4.63. The van der Waals surface area contributed by atoms with E-state index in [1.54, 1.807) is 22.9 Å². The van der Waals surface area contributed by atoms with Gasteiger partial charge >= 0.3 is 12.6 Å². The predicted molar refractivity (Wildman–Crippen MR) is 93.4 cm³/mol. The molecule has 1 heterocycles. The Morgan fingerprint density at radius 3 is 2.70 bits per heavy atom. The molecule has 1 aromatic rings. The second-order valence-electron chi connectivity index (χ2n) is 6.40. The molecular formula is C18H24F2N2O5. The lowest BCUT2D eigenvalue weighted by atomic mass is 10.1. The van der Waals surface area contributed by atoms with Crippen LogP contribution in [-0.2, 0) is 4.79 Å². The first-order chi connectivity index (χ1) is 12.8. The number of alkyl halides is 2. The van der Waals surface area contributed by atoms with Crippen molar-refractivity contribution in [2.45, 2.75) is 31.9 Å². The normalized spacial score (nSPS) is 17.7. The van der Waals surface area contributed by atoms with Gasteiger partial charge < -0.3 is 19.5 Å². The molecule has 1 aliphatic heterocycles. The summed E-state index contributed by atoms with van der Waals surface area (Å²) >= 11 is 0. The van der Waals surface area contributed by atoms with Crippen molar-refractivity contribution in [3.05, 3.63) is 23.8 Å². The third kappa shape index (κ3) is 5.53. The number of carboxylic acid groups (broad SMARTS) is 1. The van der Waals surface area contributed by atoms with Crippen LogP contribution in [0.1, 0.15) is 29.6 Å². The summed E-state index contributed by atoms with van der Waals surface area (Å²) in [6.45, 7) is -2.28. The van der Waals surface area contributed by atoms with Crippen LogP contribution in [0, 0.1) is 0 Å². The van der Waals surface area contributed by atoms with Crippen LogP contribution in [0.3, 0.4) is 0 Å². The van der Waals surface area contributed by atoms with E-state index in [4.69, 9.17) is 9.84 Å². The van der Waals surface area contributed by atoms with Crippen LogP contribution in [-0.4, -0.2) is 73.2 Å². The van der Waals surface area contributed by atoms with Crippen LogP contribution >= 0.6 is 0 Å². The van der Waals surface area contributed by atoms with Crippen molar-refractivity contribution in [2.75, 3.05) is 33.8 Å². The molecule has 2 rings (SSSR count). The summed E-state index contributed by atoms with van der Waals surface area (Å²) in [5.41, 5.74) is 0.0204. The van der Waals surface area contributed by atoms with Gasteiger partial charge in [0.05, 0.1) is 19.2 Å². The Hall–Kier alpha value is -2.42. The number of benzene rings is 1. The van der Waals surface area contributed by atoms with E-state index in [0.29, 0.717) is 25.9 Å². The molecule has 1 N–H and O–H groups in total. The molecule has 27 heavy (non-hydrogen) atoms. The molecule has 1 atom stereocenters. The van der Waals surface area contributed by atoms with Gasteiger partial charge in [-0.3, -0.25) is 14.5 Å². The van der Waals surface area contributed by atoms with Crippen molar-refractivity contribution in [1.82, 2.24) is 9.80 Å². The highest BCUT2D eigenvalue weighted by atomic mass is 19.3. The Balaban J connectivity index is 2.15. The van der Waals surface area contributed by atoms with Crippen molar-refractivity contribution in [3.8, 4) is 11.5 Å². The topological polar surface area (TPSA) is 79.3 Å². The Labute approximate surface area is 156 Å². The van der Waals surface area contributed by atoms with Gasteiger partial charge in [0, 0.05) is 19.1 Å². The molecule has 1 aliphatic rings. The summed E-state index contributed by atoms with van der Waals surface area (Å²) in [5, 5.41) is 8.93. The van der Waals surface area contributed by atoms with E-state index >= 15 is 0 Å². The quantitative estimate of drug-likeness (QED) is 0.775. The number of para-hydroxylation sites is 1. The van der Waals surface area contributed by atoms with Gasteiger partial charge in [-0.15, -0.1) is 0 Å². The standard InChI is InChI=1S/C18H24F2N2O5/c1-21(11-15(23)24)12-5-4-9-22(10-8-12)17(25)13-6-3-7-14(26-2)16(13)27-18(19)20/h3,6-7,12,18H,4-5,8-11H2,1-2H3,(H,23,24). The number of hydrogen-bond donors (Lipinski definition) is 1. The first-order valence-corrected chi connectivity index (χ1v) is 8.66. The SMILES string of the molecule is COc1cccc(C(=O)N2CCCC(N(C)CC(=O)O)CC2)c1OC(F)F. The molecule has 1 fully saturated rings. The summed E-state index contributed by atoms with van der Waals surface area (Å²) in [4.78, 5) is 27.1. The fourth-order valence-electron chi connectivity index (χ4n) is 3.29. The number of ether oxygens (including phenoxy) is 2. The van der Waals surface area contributed by atoms with Crippen LogP contribution in [0.5, 0.6) is 11.5 Å². The molecule has 7 nitrogen and oxygen atoms in total. The predicted octanol–water partition coefficient (Wildman–Crippen LogP) is 2.31. The minimum absolute atomic E-state index is 0.0204. The number of carbonyl (C=O) groups excluding carboxylic acids is 1. The molecule has 0 saturated carbocycles. The van der Waals surface area contributed by atoms with Gasteiger partial charge in [0.1, 0.15) is 0 Å². The number of rotatable bonds is 7. The molecule has 9 heteroatoms. The average molecular weight is 386 g/mol. The van der Waals surface area contributed by atoms with Crippen LogP contribution in [0.4, 0.5) is 8.78 Å². The maximum atomic E-state index is 12.9. The van der Waals surface area contributed by atoms with E-state index in [2.05, 4.69) is 4.74 Å². The zero-order chi connectivity index (χ0) is 20.0. The molecule has 1 saturated heterocycles. The Bertz CT molecular complexity index is 671. The van der Waals surface area contributed by atoms with Gasteiger partial charge in [-0.05, 0) is 38.4 Å². The Kier molecular flexibility index (Phi) is 7.35. The number of hydrogen-bond acceptors (Lipinski definition) is 5. The Morgan fingerprint density at radius 2 is 2.07 bits per heavy atom. The minimum atomic E-state index is -3.08. The number of carbonyl (C=O) groups is 2. The summed E-state index contributed by atoms with van der Waals surface area (Å²) in [6.07, 6.45) is 2.05. The minimum Gasteiger partial charge on any atom is -0.493 e. The molecule has 0 aromatic heterocycles. The van der Waals surface area contributed by atoms with Crippen molar-refractivity contribution in [2.24, 2.45) is 0 Å². The lowest BCUT2D eigenvalue weighted by Gasteiger charge is -2.26. The van der Waals surface area contributed by atoms with Gasteiger partial charge in [0.25, 0.3) is 5.91 Å². The summed E-state index contributed by atoms with van der Waals surface area (Å²) < 4.78 is 35.1. The number of likely N-dealkylation sites (N-methyl/N-ethyl adjacent to an activating group) is 1. The van der Waals surface area contributed by atoms with E-state index < -0.39 is 18.5 Å². The monoisotopic (exact) mass is 386 g/mol. The van der Waals surface area contributed by atoms with E-state index in [1.165, 1.54) is 19.2 Å². The summed E-state index contributed by atoms with van der Waals surface area (Å²) in [7, 11) is 3.06. The first kappa shape index (κ1) is 20.9. The smallest absolute Gasteiger partial charge is 0.387 e. The Morgan fingerprint density at radius 1 is 1.33 bits per heavy atom. The van der Waals surface area contributed by atoms with Gasteiger partial charge in [0.2, 0.25) is 0 Å². The number of amides is 1. The van der Waals surface area contributed by atoms with Gasteiger partial charge in [0.15, 0.2) is 11.5 Å². The number of carboxylic acids is 1. The van der Waals surface area contributed by atoms with E-state index in [1.807, 2.05) is 0 Å². The molecule has 0 bridgehead atoms. The van der Waals surface area contributed by atoms with Crippen molar-refractivity contribution in [3.63, 3.8) is 0 Å². The van der Waals surface area contributed by atoms with E-state index in [0.717, 1.165) is 6.42 Å². The lowest BCUT2D eigenvalue weighted by molar-refractivity contribution is -0.138. The lowest BCUT2D eigenvalue weighted by Crippen LogP contribution is -2.37. The second kappa shape index (κ2) is 9.50. The second-order valence-corrected chi connectivity index (χ2v) is 6.40. The summed E-state index contributed by atoms with van der Waals surface area (Å²) in [5.74, 6) is -1.52. The largest absolute Gasteiger partial charge is 0.493 e. The molecular weight excluding hydrogens is 362 g/mol.